The fourth-order valence-corrected chi connectivity index (χ4v) is 4.52. The summed E-state index contributed by atoms with van der Waals surface area (Å²) in [6.45, 7) is 7.77. The Morgan fingerprint density at radius 1 is 1.29 bits per heavy atom. The first-order chi connectivity index (χ1) is 13.5. The molecule has 0 aromatic carbocycles. The summed E-state index contributed by atoms with van der Waals surface area (Å²) in [5, 5.41) is 10.1. The summed E-state index contributed by atoms with van der Waals surface area (Å²) in [5.74, 6) is 0.800. The summed E-state index contributed by atoms with van der Waals surface area (Å²) in [6, 6.07) is 0.445. The Kier molecular flexibility index (Phi) is 5.78. The number of guanidine groups is 1. The fourth-order valence-electron chi connectivity index (χ4n) is 4.52. The molecular weight excluding hydrogens is 358 g/mol. The second-order valence-corrected chi connectivity index (χ2v) is 8.63. The number of carbonyl (C=O) groups is 1. The molecule has 4 aliphatic heterocycles. The van der Waals surface area contributed by atoms with Crippen LogP contribution in [0, 0.1) is 0 Å². The Hall–Kier alpha value is -1.80. The summed E-state index contributed by atoms with van der Waals surface area (Å²) < 4.78 is 11.2. The summed E-state index contributed by atoms with van der Waals surface area (Å²) in [4.78, 5) is 19.4. The zero-order valence-electron chi connectivity index (χ0n) is 17.0. The van der Waals surface area contributed by atoms with Crippen LogP contribution in [0.3, 0.4) is 0 Å². The largest absolute Gasteiger partial charge is 0.381 e. The molecule has 8 nitrogen and oxygen atoms in total. The van der Waals surface area contributed by atoms with E-state index in [0.717, 1.165) is 57.0 Å². The molecule has 0 saturated carbocycles. The highest BCUT2D eigenvalue weighted by molar-refractivity contribution is 5.84. The van der Waals surface area contributed by atoms with Crippen LogP contribution in [0.15, 0.2) is 16.8 Å². The number of aliphatic imine (C=N–C) groups is 1. The van der Waals surface area contributed by atoms with Crippen LogP contribution in [0.2, 0.25) is 0 Å². The zero-order chi connectivity index (χ0) is 19.6. The van der Waals surface area contributed by atoms with Crippen LogP contribution in [0.4, 0.5) is 4.79 Å². The SMILES string of the molecule is CC1(C)C2=CN=C(NC3CCOCC3)NC2CN1C(=O)NCC1CCCCO1. The van der Waals surface area contributed by atoms with E-state index in [1.54, 1.807) is 0 Å². The van der Waals surface area contributed by atoms with Gasteiger partial charge >= 0.3 is 6.03 Å². The lowest BCUT2D eigenvalue weighted by atomic mass is 9.93. The van der Waals surface area contributed by atoms with Crippen molar-refractivity contribution in [2.45, 2.75) is 69.7 Å². The van der Waals surface area contributed by atoms with Gasteiger partial charge in [0, 0.05) is 45.2 Å². The second kappa shape index (κ2) is 8.29. The molecule has 4 aliphatic rings. The standard InChI is InChI=1S/C20H33N5O3/c1-20(2)16-12-21-18(23-14-6-9-27-10-7-14)24-17(16)13-25(20)19(26)22-11-15-5-3-4-8-28-15/h12,14-15,17H,3-11,13H2,1-2H3,(H,22,26)(H2,21,23,24). The predicted molar refractivity (Wildman–Crippen MR) is 107 cm³/mol. The zero-order valence-corrected chi connectivity index (χ0v) is 17.0. The van der Waals surface area contributed by atoms with Crippen molar-refractivity contribution in [2.24, 2.45) is 4.99 Å². The third kappa shape index (κ3) is 4.12. The first kappa shape index (κ1) is 19.5. The van der Waals surface area contributed by atoms with Crippen molar-refractivity contribution >= 4 is 12.0 Å². The Labute approximate surface area is 167 Å². The maximum atomic E-state index is 12.9. The lowest BCUT2D eigenvalue weighted by Crippen LogP contribution is -2.51. The van der Waals surface area contributed by atoms with E-state index in [1.165, 1.54) is 6.42 Å². The molecule has 0 aliphatic carbocycles. The van der Waals surface area contributed by atoms with Crippen LogP contribution < -0.4 is 16.0 Å². The van der Waals surface area contributed by atoms with Gasteiger partial charge in [-0.2, -0.15) is 0 Å². The van der Waals surface area contributed by atoms with Gasteiger partial charge in [0.25, 0.3) is 0 Å². The van der Waals surface area contributed by atoms with Gasteiger partial charge < -0.3 is 30.3 Å². The van der Waals surface area contributed by atoms with E-state index in [2.05, 4.69) is 34.8 Å². The molecule has 4 rings (SSSR count). The molecule has 4 heterocycles. The lowest BCUT2D eigenvalue weighted by Gasteiger charge is -2.33. The highest BCUT2D eigenvalue weighted by Gasteiger charge is 2.47. The van der Waals surface area contributed by atoms with Gasteiger partial charge in [0.2, 0.25) is 0 Å². The van der Waals surface area contributed by atoms with Crippen molar-refractivity contribution in [2.75, 3.05) is 32.9 Å². The first-order valence-corrected chi connectivity index (χ1v) is 10.6. The predicted octanol–water partition coefficient (Wildman–Crippen LogP) is 1.34. The Morgan fingerprint density at radius 2 is 2.11 bits per heavy atom. The van der Waals surface area contributed by atoms with E-state index in [1.807, 2.05) is 11.1 Å². The molecule has 2 unspecified atom stereocenters. The van der Waals surface area contributed by atoms with E-state index < -0.39 is 0 Å². The van der Waals surface area contributed by atoms with Crippen LogP contribution in [0.25, 0.3) is 0 Å². The topological polar surface area (TPSA) is 87.2 Å². The quantitative estimate of drug-likeness (QED) is 0.676. The van der Waals surface area contributed by atoms with Gasteiger partial charge in [-0.15, -0.1) is 0 Å². The smallest absolute Gasteiger partial charge is 0.318 e. The summed E-state index contributed by atoms with van der Waals surface area (Å²) >= 11 is 0. The molecular formula is C20H33N5O3. The number of hydrogen-bond acceptors (Lipinski definition) is 6. The maximum Gasteiger partial charge on any atom is 0.318 e. The van der Waals surface area contributed by atoms with Crippen LogP contribution in [-0.4, -0.2) is 73.5 Å². The van der Waals surface area contributed by atoms with E-state index in [0.29, 0.717) is 19.1 Å². The molecule has 3 saturated heterocycles. The van der Waals surface area contributed by atoms with E-state index >= 15 is 0 Å². The number of ether oxygens (including phenoxy) is 2. The average molecular weight is 392 g/mol. The molecule has 3 N–H and O–H groups in total. The number of amides is 2. The number of likely N-dealkylation sites (tertiary alicyclic amines) is 1. The van der Waals surface area contributed by atoms with Crippen molar-refractivity contribution in [3.05, 3.63) is 11.8 Å². The molecule has 0 aromatic rings. The highest BCUT2D eigenvalue weighted by atomic mass is 16.5. The summed E-state index contributed by atoms with van der Waals surface area (Å²) in [5.41, 5.74) is 0.775. The second-order valence-electron chi connectivity index (χ2n) is 8.63. The Bertz CT molecular complexity index is 636. The molecule has 156 valence electrons. The van der Waals surface area contributed by atoms with Gasteiger partial charge in [-0.3, -0.25) is 0 Å². The molecule has 2 amide bonds. The van der Waals surface area contributed by atoms with E-state index in [-0.39, 0.29) is 23.7 Å². The van der Waals surface area contributed by atoms with E-state index in [9.17, 15) is 4.79 Å². The highest BCUT2D eigenvalue weighted by Crippen LogP contribution is 2.35. The maximum absolute atomic E-state index is 12.9. The van der Waals surface area contributed by atoms with Gasteiger partial charge in [0.05, 0.1) is 17.7 Å². The number of nitrogens with one attached hydrogen (secondary N) is 3. The van der Waals surface area contributed by atoms with Crippen LogP contribution >= 0.6 is 0 Å². The number of fused-ring (bicyclic) bond motifs is 1. The van der Waals surface area contributed by atoms with Crippen molar-refractivity contribution in [3.63, 3.8) is 0 Å². The number of nitrogens with zero attached hydrogens (tertiary/aromatic N) is 2. The third-order valence-corrected chi connectivity index (χ3v) is 6.33. The minimum Gasteiger partial charge on any atom is -0.381 e. The van der Waals surface area contributed by atoms with Crippen LogP contribution in [0.5, 0.6) is 0 Å². The number of hydrogen-bond donors (Lipinski definition) is 3. The van der Waals surface area contributed by atoms with Crippen molar-refractivity contribution in [1.29, 1.82) is 0 Å². The first-order valence-electron chi connectivity index (χ1n) is 10.6. The molecule has 0 spiro atoms. The van der Waals surface area contributed by atoms with Gasteiger partial charge in [0.15, 0.2) is 5.96 Å². The molecule has 28 heavy (non-hydrogen) atoms. The number of rotatable bonds is 3. The lowest BCUT2D eigenvalue weighted by molar-refractivity contribution is 0.0174. The van der Waals surface area contributed by atoms with Gasteiger partial charge in [-0.25, -0.2) is 9.79 Å². The minimum atomic E-state index is -0.372. The van der Waals surface area contributed by atoms with Gasteiger partial charge in [-0.05, 0) is 51.5 Å². The monoisotopic (exact) mass is 391 g/mol. The van der Waals surface area contributed by atoms with Crippen molar-refractivity contribution < 1.29 is 14.3 Å². The third-order valence-electron chi connectivity index (χ3n) is 6.33. The fraction of sp³-hybridized carbons (Fsp3) is 0.800. The van der Waals surface area contributed by atoms with Crippen molar-refractivity contribution in [1.82, 2.24) is 20.9 Å². The molecule has 2 atom stereocenters. The van der Waals surface area contributed by atoms with Crippen molar-refractivity contribution in [3.8, 4) is 0 Å². The molecule has 3 fully saturated rings. The van der Waals surface area contributed by atoms with Gasteiger partial charge in [-0.1, -0.05) is 0 Å². The number of urea groups is 1. The van der Waals surface area contributed by atoms with Gasteiger partial charge in [0.1, 0.15) is 0 Å². The molecule has 0 bridgehead atoms. The number of carbonyl (C=O) groups excluding carboxylic acids is 1. The van der Waals surface area contributed by atoms with Crippen LogP contribution in [0.1, 0.15) is 46.0 Å². The molecule has 8 heteroatoms. The Morgan fingerprint density at radius 3 is 2.86 bits per heavy atom. The molecule has 0 aromatic heterocycles. The summed E-state index contributed by atoms with van der Waals surface area (Å²) in [6.07, 6.45) is 7.37. The summed E-state index contributed by atoms with van der Waals surface area (Å²) in [7, 11) is 0. The normalized spacial score (nSPS) is 30.0. The average Bonchev–Trinajstić information content (AvgIpc) is 2.98. The minimum absolute atomic E-state index is 0.0322. The van der Waals surface area contributed by atoms with E-state index in [4.69, 9.17) is 9.47 Å². The van der Waals surface area contributed by atoms with Crippen LogP contribution in [-0.2, 0) is 9.47 Å². The molecule has 0 radical (unpaired) electrons. The Balaban J connectivity index is 1.34.